The Morgan fingerprint density at radius 2 is 1.75 bits per heavy atom. The molecule has 0 saturated heterocycles. The molecular weight excluding hydrogens is 329 g/mol. The summed E-state index contributed by atoms with van der Waals surface area (Å²) in [5, 5.41) is 11.3. The van der Waals surface area contributed by atoms with E-state index >= 15 is 0 Å². The summed E-state index contributed by atoms with van der Waals surface area (Å²) in [6, 6.07) is 7.06. The van der Waals surface area contributed by atoms with E-state index in [0.29, 0.717) is 0 Å². The number of carbonyl (C=O) groups excluding carboxylic acids is 1. The van der Waals surface area contributed by atoms with Gasteiger partial charge in [0, 0.05) is 5.69 Å². The number of carboxylic acids is 1. The number of aryl methyl sites for hydroxylation is 1. The number of anilines is 1. The molecule has 0 aliphatic heterocycles. The van der Waals surface area contributed by atoms with Crippen LogP contribution in [0, 0.1) is 6.92 Å². The average molecular weight is 340 g/mol. The molecule has 6 nitrogen and oxygen atoms in total. The first-order chi connectivity index (χ1) is 11.2. The molecule has 9 heteroatoms. The Hall–Kier alpha value is -3.10. The highest BCUT2D eigenvalue weighted by Crippen LogP contribution is 2.24. The number of aromatic nitrogens is 1. The summed E-state index contributed by atoms with van der Waals surface area (Å²) < 4.78 is 39.9. The van der Waals surface area contributed by atoms with Gasteiger partial charge in [0.2, 0.25) is 0 Å². The minimum atomic E-state index is -4.79. The lowest BCUT2D eigenvalue weighted by Gasteiger charge is -2.10. The number of hydrogen-bond donors (Lipinski definition) is 2. The number of aromatic carboxylic acids is 1. The van der Waals surface area contributed by atoms with Crippen molar-refractivity contribution < 1.29 is 32.6 Å². The van der Waals surface area contributed by atoms with Crippen LogP contribution >= 0.6 is 0 Å². The summed E-state index contributed by atoms with van der Waals surface area (Å²) in [5.74, 6) is -2.20. The van der Waals surface area contributed by atoms with E-state index in [2.05, 4.69) is 15.0 Å². The first-order valence-electron chi connectivity index (χ1n) is 6.54. The molecule has 2 aromatic rings. The Morgan fingerprint density at radius 1 is 1.12 bits per heavy atom. The quantitative estimate of drug-likeness (QED) is 0.892. The lowest BCUT2D eigenvalue weighted by molar-refractivity contribution is -0.274. The molecule has 1 aromatic carbocycles. The summed E-state index contributed by atoms with van der Waals surface area (Å²) in [5.41, 5.74) is 0.355. The number of ether oxygens (including phenoxy) is 1. The van der Waals surface area contributed by atoms with Crippen LogP contribution < -0.4 is 10.1 Å². The van der Waals surface area contributed by atoms with Gasteiger partial charge in [-0.1, -0.05) is 0 Å². The van der Waals surface area contributed by atoms with Gasteiger partial charge in [-0.05, 0) is 43.3 Å². The van der Waals surface area contributed by atoms with E-state index in [1.165, 1.54) is 31.2 Å². The second kappa shape index (κ2) is 6.57. The molecule has 2 N–H and O–H groups in total. The van der Waals surface area contributed by atoms with Gasteiger partial charge in [0.15, 0.2) is 0 Å². The van der Waals surface area contributed by atoms with Crippen LogP contribution in [0.4, 0.5) is 18.9 Å². The van der Waals surface area contributed by atoms with Crippen molar-refractivity contribution >= 4 is 17.6 Å². The third-order valence-corrected chi connectivity index (χ3v) is 2.89. The van der Waals surface area contributed by atoms with Crippen molar-refractivity contribution in [2.24, 2.45) is 0 Å². The molecule has 2 rings (SSSR count). The number of halogens is 3. The molecule has 0 fully saturated rings. The molecule has 24 heavy (non-hydrogen) atoms. The van der Waals surface area contributed by atoms with Gasteiger partial charge >= 0.3 is 12.3 Å². The molecule has 0 atom stereocenters. The molecule has 0 unspecified atom stereocenters. The first kappa shape index (κ1) is 17.3. The topological polar surface area (TPSA) is 88.5 Å². The number of carboxylic acid groups (broad SMARTS) is 1. The molecule has 0 aliphatic carbocycles. The zero-order valence-electron chi connectivity index (χ0n) is 12.2. The Labute approximate surface area is 133 Å². The van der Waals surface area contributed by atoms with Crippen molar-refractivity contribution in [3.63, 3.8) is 0 Å². The van der Waals surface area contributed by atoms with Crippen molar-refractivity contribution in [2.45, 2.75) is 13.3 Å². The minimum Gasteiger partial charge on any atom is -0.478 e. The van der Waals surface area contributed by atoms with Gasteiger partial charge in [-0.3, -0.25) is 4.79 Å². The maximum Gasteiger partial charge on any atom is 0.573 e. The highest BCUT2D eigenvalue weighted by molar-refractivity contribution is 6.03. The molecule has 1 amide bonds. The lowest BCUT2D eigenvalue weighted by Crippen LogP contribution is -2.17. The van der Waals surface area contributed by atoms with Crippen LogP contribution in [0.5, 0.6) is 5.75 Å². The number of rotatable bonds is 4. The van der Waals surface area contributed by atoms with Crippen molar-refractivity contribution in [3.05, 3.63) is 53.3 Å². The highest BCUT2D eigenvalue weighted by Gasteiger charge is 2.30. The molecule has 0 saturated carbocycles. The third kappa shape index (κ3) is 4.45. The van der Waals surface area contributed by atoms with Gasteiger partial charge in [0.05, 0.1) is 11.3 Å². The standard InChI is InChI=1S/C15H11F3N2O4/c1-8-11(14(22)23)6-7-12(19-8)13(21)20-9-2-4-10(5-3-9)24-15(16,17)18/h2-7H,1H3,(H,20,21)(H,22,23). The van der Waals surface area contributed by atoms with Gasteiger partial charge in [0.1, 0.15) is 11.4 Å². The summed E-state index contributed by atoms with van der Waals surface area (Å²) >= 11 is 0. The SMILES string of the molecule is Cc1nc(C(=O)Nc2ccc(OC(F)(F)F)cc2)ccc1C(=O)O. The van der Waals surface area contributed by atoms with Gasteiger partial charge < -0.3 is 15.2 Å². The molecule has 1 aromatic heterocycles. The second-order valence-electron chi connectivity index (χ2n) is 4.66. The Balaban J connectivity index is 2.09. The van der Waals surface area contributed by atoms with E-state index < -0.39 is 24.0 Å². The van der Waals surface area contributed by atoms with Crippen LogP contribution in [0.15, 0.2) is 36.4 Å². The molecular formula is C15H11F3N2O4. The van der Waals surface area contributed by atoms with E-state index in [-0.39, 0.29) is 22.6 Å². The Kier molecular flexibility index (Phi) is 4.72. The number of hydrogen-bond acceptors (Lipinski definition) is 4. The number of benzene rings is 1. The van der Waals surface area contributed by atoms with Crippen LogP contribution in [-0.2, 0) is 0 Å². The zero-order valence-corrected chi connectivity index (χ0v) is 12.2. The largest absolute Gasteiger partial charge is 0.573 e. The highest BCUT2D eigenvalue weighted by atomic mass is 19.4. The summed E-state index contributed by atoms with van der Waals surface area (Å²) in [7, 11) is 0. The van der Waals surface area contributed by atoms with Gasteiger partial charge in [-0.15, -0.1) is 13.2 Å². The summed E-state index contributed by atoms with van der Waals surface area (Å²) in [6.07, 6.45) is -4.79. The van der Waals surface area contributed by atoms with Crippen molar-refractivity contribution in [3.8, 4) is 5.75 Å². The number of amides is 1. The number of nitrogens with zero attached hydrogens (tertiary/aromatic N) is 1. The fraction of sp³-hybridized carbons (Fsp3) is 0.133. The van der Waals surface area contributed by atoms with Crippen LogP contribution in [0.1, 0.15) is 26.5 Å². The fourth-order valence-electron chi connectivity index (χ4n) is 1.85. The Morgan fingerprint density at radius 3 is 2.25 bits per heavy atom. The zero-order chi connectivity index (χ0) is 17.9. The van der Waals surface area contributed by atoms with E-state index in [1.807, 2.05) is 0 Å². The summed E-state index contributed by atoms with van der Waals surface area (Å²) in [6.45, 7) is 1.45. The van der Waals surface area contributed by atoms with Crippen LogP contribution in [0.25, 0.3) is 0 Å². The third-order valence-electron chi connectivity index (χ3n) is 2.89. The van der Waals surface area contributed by atoms with E-state index in [0.717, 1.165) is 12.1 Å². The average Bonchev–Trinajstić information content (AvgIpc) is 2.47. The van der Waals surface area contributed by atoms with E-state index in [9.17, 15) is 22.8 Å². The minimum absolute atomic E-state index is 0.0203. The van der Waals surface area contributed by atoms with Gasteiger partial charge in [-0.2, -0.15) is 0 Å². The molecule has 126 valence electrons. The van der Waals surface area contributed by atoms with Crippen molar-refractivity contribution in [1.82, 2.24) is 4.98 Å². The van der Waals surface area contributed by atoms with Crippen LogP contribution in [0.3, 0.4) is 0 Å². The number of nitrogens with one attached hydrogen (secondary N) is 1. The number of pyridine rings is 1. The maximum atomic E-state index is 12.1. The molecule has 0 bridgehead atoms. The van der Waals surface area contributed by atoms with Crippen LogP contribution in [-0.4, -0.2) is 28.3 Å². The molecule has 0 aliphatic rings. The predicted octanol–water partition coefficient (Wildman–Crippen LogP) is 3.24. The monoisotopic (exact) mass is 340 g/mol. The van der Waals surface area contributed by atoms with Gasteiger partial charge in [-0.25, -0.2) is 9.78 Å². The van der Waals surface area contributed by atoms with Crippen molar-refractivity contribution in [2.75, 3.05) is 5.32 Å². The smallest absolute Gasteiger partial charge is 0.478 e. The number of carbonyl (C=O) groups is 2. The van der Waals surface area contributed by atoms with E-state index in [4.69, 9.17) is 5.11 Å². The first-order valence-corrected chi connectivity index (χ1v) is 6.54. The fourth-order valence-corrected chi connectivity index (χ4v) is 1.85. The maximum absolute atomic E-state index is 12.1. The van der Waals surface area contributed by atoms with Crippen LogP contribution in [0.2, 0.25) is 0 Å². The molecule has 1 heterocycles. The normalized spacial score (nSPS) is 11.0. The Bertz CT molecular complexity index is 773. The lowest BCUT2D eigenvalue weighted by atomic mass is 10.2. The van der Waals surface area contributed by atoms with Crippen molar-refractivity contribution in [1.29, 1.82) is 0 Å². The molecule has 0 radical (unpaired) electrons. The predicted molar refractivity (Wildman–Crippen MR) is 77.0 cm³/mol. The van der Waals surface area contributed by atoms with Gasteiger partial charge in [0.25, 0.3) is 5.91 Å². The second-order valence-corrected chi connectivity index (χ2v) is 4.66. The summed E-state index contributed by atoms with van der Waals surface area (Å²) in [4.78, 5) is 26.8. The van der Waals surface area contributed by atoms with E-state index in [1.54, 1.807) is 0 Å². The molecule has 0 spiro atoms. The number of alkyl halides is 3.